The van der Waals surface area contributed by atoms with Crippen LogP contribution in [-0.2, 0) is 9.84 Å². The number of rotatable bonds is 7. The van der Waals surface area contributed by atoms with Gasteiger partial charge in [0.05, 0.1) is 11.0 Å². The fourth-order valence-electron chi connectivity index (χ4n) is 3.00. The highest BCUT2D eigenvalue weighted by Gasteiger charge is 2.31. The van der Waals surface area contributed by atoms with E-state index in [9.17, 15) is 8.42 Å². The summed E-state index contributed by atoms with van der Waals surface area (Å²) in [5, 5.41) is 3.23. The first kappa shape index (κ1) is 16.0. The Morgan fingerprint density at radius 2 is 2.00 bits per heavy atom. The van der Waals surface area contributed by atoms with Crippen LogP contribution in [0.5, 0.6) is 0 Å². The molecule has 3 atom stereocenters. The van der Waals surface area contributed by atoms with Gasteiger partial charge in [0.2, 0.25) is 0 Å². The molecule has 0 amide bonds. The van der Waals surface area contributed by atoms with Crippen LogP contribution < -0.4 is 5.32 Å². The van der Waals surface area contributed by atoms with E-state index in [0.717, 1.165) is 38.6 Å². The largest absolute Gasteiger partial charge is 0.313 e. The second-order valence-electron chi connectivity index (χ2n) is 5.77. The Bertz CT molecular complexity index is 321. The molecule has 3 nitrogen and oxygen atoms in total. The Labute approximate surface area is 113 Å². The van der Waals surface area contributed by atoms with Gasteiger partial charge in [-0.25, -0.2) is 8.42 Å². The molecule has 0 bridgehead atoms. The van der Waals surface area contributed by atoms with Crippen LogP contribution >= 0.6 is 0 Å². The van der Waals surface area contributed by atoms with Gasteiger partial charge in [0, 0.05) is 6.04 Å². The van der Waals surface area contributed by atoms with Crippen LogP contribution in [0, 0.1) is 5.92 Å². The average molecular weight is 275 g/mol. The first-order valence-corrected chi connectivity index (χ1v) is 9.16. The van der Waals surface area contributed by atoms with Crippen molar-refractivity contribution >= 4 is 9.84 Å². The lowest BCUT2D eigenvalue weighted by molar-refractivity contribution is 0.380. The third kappa shape index (κ3) is 4.88. The van der Waals surface area contributed by atoms with Crippen LogP contribution in [0.25, 0.3) is 0 Å². The van der Waals surface area contributed by atoms with Crippen LogP contribution in [-0.4, -0.2) is 32.0 Å². The van der Waals surface area contributed by atoms with E-state index in [0.29, 0.717) is 11.7 Å². The molecule has 18 heavy (non-hydrogen) atoms. The molecule has 0 radical (unpaired) electrons. The van der Waals surface area contributed by atoms with E-state index < -0.39 is 9.84 Å². The van der Waals surface area contributed by atoms with Crippen molar-refractivity contribution in [2.75, 3.05) is 12.3 Å². The van der Waals surface area contributed by atoms with Gasteiger partial charge in [-0.3, -0.25) is 0 Å². The summed E-state index contributed by atoms with van der Waals surface area (Å²) in [7, 11) is -2.92. The van der Waals surface area contributed by atoms with Gasteiger partial charge in [-0.15, -0.1) is 0 Å². The van der Waals surface area contributed by atoms with Crippen LogP contribution in [0.4, 0.5) is 0 Å². The molecule has 1 aliphatic carbocycles. The molecule has 0 saturated heterocycles. The Kier molecular flexibility index (Phi) is 6.64. The van der Waals surface area contributed by atoms with Crippen LogP contribution in [0.3, 0.4) is 0 Å². The van der Waals surface area contributed by atoms with Crippen LogP contribution in [0.15, 0.2) is 0 Å². The molecule has 4 heteroatoms. The van der Waals surface area contributed by atoms with Crippen molar-refractivity contribution in [3.05, 3.63) is 0 Å². The zero-order valence-electron chi connectivity index (χ0n) is 12.1. The zero-order valence-corrected chi connectivity index (χ0v) is 12.9. The minimum absolute atomic E-state index is 0.0840. The molecule has 0 aromatic carbocycles. The number of hydrogen-bond acceptors (Lipinski definition) is 3. The maximum atomic E-state index is 12.5. The first-order chi connectivity index (χ1) is 8.49. The van der Waals surface area contributed by atoms with E-state index in [1.165, 1.54) is 6.42 Å². The predicted octanol–water partition coefficient (Wildman–Crippen LogP) is 2.76. The average Bonchev–Trinajstić information content (AvgIpc) is 2.29. The van der Waals surface area contributed by atoms with Crippen molar-refractivity contribution in [3.8, 4) is 0 Å². The van der Waals surface area contributed by atoms with E-state index >= 15 is 0 Å². The normalized spacial score (nSPS) is 27.1. The maximum Gasteiger partial charge on any atom is 0.154 e. The maximum absolute atomic E-state index is 12.5. The van der Waals surface area contributed by atoms with Gasteiger partial charge in [0.25, 0.3) is 0 Å². The van der Waals surface area contributed by atoms with E-state index in [-0.39, 0.29) is 11.3 Å². The third-order valence-corrected chi connectivity index (χ3v) is 6.27. The minimum Gasteiger partial charge on any atom is -0.313 e. The summed E-state index contributed by atoms with van der Waals surface area (Å²) >= 11 is 0. The van der Waals surface area contributed by atoms with Gasteiger partial charge in [0.15, 0.2) is 9.84 Å². The van der Waals surface area contributed by atoms with E-state index in [1.54, 1.807) is 0 Å². The third-order valence-electron chi connectivity index (χ3n) is 3.96. The van der Waals surface area contributed by atoms with Gasteiger partial charge >= 0.3 is 0 Å². The van der Waals surface area contributed by atoms with Gasteiger partial charge < -0.3 is 5.32 Å². The van der Waals surface area contributed by atoms with Gasteiger partial charge in [-0.2, -0.15) is 0 Å². The van der Waals surface area contributed by atoms with Crippen molar-refractivity contribution in [2.45, 2.75) is 70.6 Å². The molecular weight excluding hydrogens is 246 g/mol. The number of hydrogen-bond donors (Lipinski definition) is 1. The Morgan fingerprint density at radius 3 is 2.56 bits per heavy atom. The summed E-state index contributed by atoms with van der Waals surface area (Å²) in [6.07, 6.45) is 6.00. The summed E-state index contributed by atoms with van der Waals surface area (Å²) in [4.78, 5) is 0. The highest BCUT2D eigenvalue weighted by atomic mass is 32.2. The molecule has 108 valence electrons. The van der Waals surface area contributed by atoms with Crippen molar-refractivity contribution in [3.63, 3.8) is 0 Å². The minimum atomic E-state index is -2.92. The lowest BCUT2D eigenvalue weighted by Crippen LogP contribution is -2.40. The molecule has 0 heterocycles. The van der Waals surface area contributed by atoms with Crippen molar-refractivity contribution < 1.29 is 8.42 Å². The molecule has 0 aromatic heterocycles. The highest BCUT2D eigenvalue weighted by molar-refractivity contribution is 7.92. The Morgan fingerprint density at radius 1 is 1.28 bits per heavy atom. The smallest absolute Gasteiger partial charge is 0.154 e. The molecule has 1 fully saturated rings. The molecular formula is C14H29NO2S. The summed E-state index contributed by atoms with van der Waals surface area (Å²) in [5.41, 5.74) is 0. The fourth-order valence-corrected chi connectivity index (χ4v) is 5.27. The van der Waals surface area contributed by atoms with Crippen molar-refractivity contribution in [1.29, 1.82) is 0 Å². The lowest BCUT2D eigenvalue weighted by Gasteiger charge is -2.28. The summed E-state index contributed by atoms with van der Waals surface area (Å²) < 4.78 is 24.9. The predicted molar refractivity (Wildman–Crippen MR) is 77.6 cm³/mol. The molecule has 0 aromatic rings. The summed E-state index contributed by atoms with van der Waals surface area (Å²) in [5.74, 6) is 0.897. The summed E-state index contributed by atoms with van der Waals surface area (Å²) in [6, 6.07) is 0.141. The molecule has 3 unspecified atom stereocenters. The highest BCUT2D eigenvalue weighted by Crippen LogP contribution is 2.29. The van der Waals surface area contributed by atoms with Crippen LogP contribution in [0.2, 0.25) is 0 Å². The van der Waals surface area contributed by atoms with Crippen molar-refractivity contribution in [2.24, 2.45) is 5.92 Å². The Balaban J connectivity index is 2.60. The number of nitrogens with one attached hydrogen (secondary N) is 1. The van der Waals surface area contributed by atoms with Gasteiger partial charge in [-0.05, 0) is 31.7 Å². The Hall–Kier alpha value is -0.0900. The standard InChI is InChI=1S/C14H29NO2S/c1-4-7-13(15-5-2)11-18(16,17)14-9-6-8-12(3)10-14/h12-15H,4-11H2,1-3H3. The topological polar surface area (TPSA) is 46.2 Å². The first-order valence-electron chi connectivity index (χ1n) is 7.44. The fraction of sp³-hybridized carbons (Fsp3) is 1.00. The lowest BCUT2D eigenvalue weighted by atomic mass is 9.91. The molecule has 1 saturated carbocycles. The van der Waals surface area contributed by atoms with E-state index in [4.69, 9.17) is 0 Å². The van der Waals surface area contributed by atoms with Crippen molar-refractivity contribution in [1.82, 2.24) is 5.32 Å². The zero-order chi connectivity index (χ0) is 13.6. The molecule has 0 aliphatic heterocycles. The second-order valence-corrected chi connectivity index (χ2v) is 8.09. The van der Waals surface area contributed by atoms with E-state index in [2.05, 4.69) is 19.2 Å². The molecule has 1 rings (SSSR count). The number of sulfone groups is 1. The van der Waals surface area contributed by atoms with Gasteiger partial charge in [-0.1, -0.05) is 40.0 Å². The molecule has 0 spiro atoms. The van der Waals surface area contributed by atoms with E-state index in [1.807, 2.05) is 6.92 Å². The second kappa shape index (κ2) is 7.49. The van der Waals surface area contributed by atoms with Gasteiger partial charge in [0.1, 0.15) is 0 Å². The molecule has 1 N–H and O–H groups in total. The summed E-state index contributed by atoms with van der Waals surface area (Å²) in [6.45, 7) is 7.17. The SMILES string of the molecule is CCCC(CS(=O)(=O)C1CCCC(C)C1)NCC. The quantitative estimate of drug-likeness (QED) is 0.777. The van der Waals surface area contributed by atoms with Crippen LogP contribution in [0.1, 0.15) is 59.3 Å². The molecule has 1 aliphatic rings. The monoisotopic (exact) mass is 275 g/mol.